The molecule has 0 saturated heterocycles. The van der Waals surface area contributed by atoms with Gasteiger partial charge >= 0.3 is 0 Å². The number of ketones is 1. The second-order valence-electron chi connectivity index (χ2n) is 6.62. The molecule has 3 rings (SSSR count). The molecule has 26 heavy (non-hydrogen) atoms. The van der Waals surface area contributed by atoms with E-state index in [9.17, 15) is 14.7 Å². The van der Waals surface area contributed by atoms with Crippen LogP contribution < -0.4 is 4.90 Å². The Kier molecular flexibility index (Phi) is 5.09. The molecule has 2 aromatic rings. The molecule has 1 aliphatic heterocycles. The Labute approximate surface area is 156 Å². The number of carbonyl (C=O) groups is 2. The van der Waals surface area contributed by atoms with Crippen molar-refractivity contribution in [1.82, 2.24) is 4.98 Å². The summed E-state index contributed by atoms with van der Waals surface area (Å²) in [5, 5.41) is 11.0. The van der Waals surface area contributed by atoms with E-state index in [1.165, 1.54) is 4.90 Å². The van der Waals surface area contributed by atoms with Crippen LogP contribution in [-0.4, -0.2) is 21.8 Å². The number of halogens is 1. The van der Waals surface area contributed by atoms with Gasteiger partial charge in [0.05, 0.1) is 11.6 Å². The first-order valence-corrected chi connectivity index (χ1v) is 8.73. The summed E-state index contributed by atoms with van der Waals surface area (Å²) in [6.07, 6.45) is 3.43. The minimum Gasteiger partial charge on any atom is -0.503 e. The van der Waals surface area contributed by atoms with Crippen LogP contribution >= 0.6 is 11.6 Å². The van der Waals surface area contributed by atoms with Crippen molar-refractivity contribution < 1.29 is 14.7 Å². The van der Waals surface area contributed by atoms with Crippen LogP contribution in [0.15, 0.2) is 60.1 Å². The average Bonchev–Trinajstić information content (AvgIpc) is 2.87. The van der Waals surface area contributed by atoms with Crippen molar-refractivity contribution in [2.24, 2.45) is 5.92 Å². The number of hydrogen-bond donors (Lipinski definition) is 1. The SMILES string of the molecule is CC(C)CC(=O)C1=C(O)C(=O)N(c2cccc(Cl)c2)C1c1ccncc1. The van der Waals surface area contributed by atoms with Crippen molar-refractivity contribution in [3.8, 4) is 0 Å². The van der Waals surface area contributed by atoms with E-state index >= 15 is 0 Å². The maximum atomic E-state index is 12.8. The molecule has 0 fully saturated rings. The summed E-state index contributed by atoms with van der Waals surface area (Å²) in [6.45, 7) is 3.84. The van der Waals surface area contributed by atoms with Gasteiger partial charge < -0.3 is 5.11 Å². The van der Waals surface area contributed by atoms with Crippen molar-refractivity contribution in [3.05, 3.63) is 70.7 Å². The third kappa shape index (κ3) is 3.35. The Balaban J connectivity index is 2.14. The molecule has 1 aliphatic rings. The molecular weight excluding hydrogens is 352 g/mol. The van der Waals surface area contributed by atoms with Crippen LogP contribution in [0.2, 0.25) is 5.02 Å². The molecule has 1 N–H and O–H groups in total. The molecule has 1 unspecified atom stereocenters. The zero-order chi connectivity index (χ0) is 18.8. The lowest BCUT2D eigenvalue weighted by Crippen LogP contribution is -2.31. The minimum atomic E-state index is -0.713. The van der Waals surface area contributed by atoms with Gasteiger partial charge in [0.2, 0.25) is 0 Å². The first kappa shape index (κ1) is 18.1. The summed E-state index contributed by atoms with van der Waals surface area (Å²) in [7, 11) is 0. The van der Waals surface area contributed by atoms with Gasteiger partial charge in [-0.3, -0.25) is 19.5 Å². The second-order valence-corrected chi connectivity index (χ2v) is 7.06. The summed E-state index contributed by atoms with van der Waals surface area (Å²) in [5.74, 6) is -1.24. The predicted molar refractivity (Wildman–Crippen MR) is 100 cm³/mol. The summed E-state index contributed by atoms with van der Waals surface area (Å²) in [4.78, 5) is 31.0. The van der Waals surface area contributed by atoms with E-state index < -0.39 is 17.7 Å². The molecule has 2 heterocycles. The van der Waals surface area contributed by atoms with Gasteiger partial charge in [0.25, 0.3) is 5.91 Å². The molecule has 0 bridgehead atoms. The van der Waals surface area contributed by atoms with E-state index in [0.717, 1.165) is 0 Å². The number of anilines is 1. The van der Waals surface area contributed by atoms with Crippen molar-refractivity contribution in [3.63, 3.8) is 0 Å². The van der Waals surface area contributed by atoms with Gasteiger partial charge in [-0.1, -0.05) is 31.5 Å². The second kappa shape index (κ2) is 7.30. The summed E-state index contributed by atoms with van der Waals surface area (Å²) in [6, 6.07) is 9.53. The highest BCUT2D eigenvalue weighted by atomic mass is 35.5. The lowest BCUT2D eigenvalue weighted by atomic mass is 9.92. The summed E-state index contributed by atoms with van der Waals surface area (Å²) in [5.41, 5.74) is 1.34. The molecule has 0 saturated carbocycles. The average molecular weight is 371 g/mol. The third-order valence-electron chi connectivity index (χ3n) is 4.21. The topological polar surface area (TPSA) is 70.5 Å². The number of Topliss-reactive ketones (excluding diaryl/α,β-unsaturated/α-hetero) is 1. The van der Waals surface area contributed by atoms with Crippen LogP contribution in [0.25, 0.3) is 0 Å². The van der Waals surface area contributed by atoms with Gasteiger partial charge in [0, 0.05) is 29.5 Å². The van der Waals surface area contributed by atoms with E-state index in [-0.39, 0.29) is 23.7 Å². The van der Waals surface area contributed by atoms with E-state index in [1.807, 2.05) is 13.8 Å². The van der Waals surface area contributed by atoms with Crippen LogP contribution in [0.3, 0.4) is 0 Å². The van der Waals surface area contributed by atoms with Gasteiger partial charge in [0.1, 0.15) is 0 Å². The van der Waals surface area contributed by atoms with Crippen LogP contribution in [0.5, 0.6) is 0 Å². The Hall–Kier alpha value is -2.66. The van der Waals surface area contributed by atoms with Gasteiger partial charge in [-0.15, -0.1) is 0 Å². The molecule has 1 amide bonds. The Bertz CT molecular complexity index is 878. The number of aliphatic hydroxyl groups is 1. The number of nitrogens with zero attached hydrogens (tertiary/aromatic N) is 2. The lowest BCUT2D eigenvalue weighted by molar-refractivity contribution is -0.118. The van der Waals surface area contributed by atoms with Gasteiger partial charge in [-0.2, -0.15) is 0 Å². The number of rotatable bonds is 5. The normalized spacial score (nSPS) is 17.3. The molecule has 134 valence electrons. The fraction of sp³-hybridized carbons (Fsp3) is 0.250. The number of pyridine rings is 1. The highest BCUT2D eigenvalue weighted by Crippen LogP contribution is 2.41. The Morgan fingerprint density at radius 3 is 2.58 bits per heavy atom. The first-order valence-electron chi connectivity index (χ1n) is 8.35. The largest absolute Gasteiger partial charge is 0.503 e. The molecule has 0 spiro atoms. The van der Waals surface area contributed by atoms with Gasteiger partial charge in [-0.25, -0.2) is 0 Å². The standard InChI is InChI=1S/C20H19ClN2O3/c1-12(2)10-16(24)17-18(13-6-8-22-9-7-13)23(20(26)19(17)25)15-5-3-4-14(21)11-15/h3-9,11-12,18,25H,10H2,1-2H3. The van der Waals surface area contributed by atoms with Crippen LogP contribution in [0.4, 0.5) is 5.69 Å². The Morgan fingerprint density at radius 1 is 1.27 bits per heavy atom. The third-order valence-corrected chi connectivity index (χ3v) is 4.45. The number of hydrogen-bond acceptors (Lipinski definition) is 4. The van der Waals surface area contributed by atoms with Crippen LogP contribution in [-0.2, 0) is 9.59 Å². The van der Waals surface area contributed by atoms with Crippen molar-refractivity contribution in [1.29, 1.82) is 0 Å². The van der Waals surface area contributed by atoms with Crippen LogP contribution in [0, 0.1) is 5.92 Å². The maximum absolute atomic E-state index is 12.8. The highest BCUT2D eigenvalue weighted by molar-refractivity contribution is 6.31. The first-order chi connectivity index (χ1) is 12.4. The highest BCUT2D eigenvalue weighted by Gasteiger charge is 2.44. The smallest absolute Gasteiger partial charge is 0.294 e. The maximum Gasteiger partial charge on any atom is 0.294 e. The van der Waals surface area contributed by atoms with E-state index in [2.05, 4.69) is 4.98 Å². The number of amides is 1. The van der Waals surface area contributed by atoms with Gasteiger partial charge in [-0.05, 0) is 41.8 Å². The molecule has 1 aromatic carbocycles. The predicted octanol–water partition coefficient (Wildman–Crippen LogP) is 4.25. The van der Waals surface area contributed by atoms with E-state index in [0.29, 0.717) is 16.3 Å². The fourth-order valence-electron chi connectivity index (χ4n) is 3.12. The monoisotopic (exact) mass is 370 g/mol. The van der Waals surface area contributed by atoms with Crippen LogP contribution in [0.1, 0.15) is 31.9 Å². The molecule has 6 heteroatoms. The minimum absolute atomic E-state index is 0.108. The van der Waals surface area contributed by atoms with Crippen molar-refractivity contribution in [2.75, 3.05) is 4.90 Å². The number of aliphatic hydroxyl groups excluding tert-OH is 1. The van der Waals surface area contributed by atoms with E-state index in [1.54, 1.807) is 48.8 Å². The van der Waals surface area contributed by atoms with Crippen molar-refractivity contribution >= 4 is 29.0 Å². The number of aromatic nitrogens is 1. The molecule has 5 nitrogen and oxygen atoms in total. The Morgan fingerprint density at radius 2 is 1.96 bits per heavy atom. The summed E-state index contributed by atoms with van der Waals surface area (Å²) < 4.78 is 0. The molecule has 0 aliphatic carbocycles. The zero-order valence-corrected chi connectivity index (χ0v) is 15.3. The number of carbonyl (C=O) groups excluding carboxylic acids is 2. The lowest BCUT2D eigenvalue weighted by Gasteiger charge is -2.27. The fourth-order valence-corrected chi connectivity index (χ4v) is 3.31. The molecule has 1 atom stereocenters. The van der Waals surface area contributed by atoms with Gasteiger partial charge in [0.15, 0.2) is 11.5 Å². The molecule has 0 radical (unpaired) electrons. The quantitative estimate of drug-likeness (QED) is 0.854. The zero-order valence-electron chi connectivity index (χ0n) is 14.5. The molecule has 1 aromatic heterocycles. The summed E-state index contributed by atoms with van der Waals surface area (Å²) >= 11 is 6.08. The molecular formula is C20H19ClN2O3. The number of benzene rings is 1. The van der Waals surface area contributed by atoms with E-state index in [4.69, 9.17) is 11.6 Å². The van der Waals surface area contributed by atoms with Crippen molar-refractivity contribution in [2.45, 2.75) is 26.3 Å².